The Kier molecular flexibility index (Phi) is 1.98. The van der Waals surface area contributed by atoms with Gasteiger partial charge in [0, 0.05) is 0 Å². The van der Waals surface area contributed by atoms with Gasteiger partial charge in [-0.05, 0) is 0 Å². The summed E-state index contributed by atoms with van der Waals surface area (Å²) in [7, 11) is 0. The summed E-state index contributed by atoms with van der Waals surface area (Å²) in [6.07, 6.45) is -11.4. The highest BCUT2D eigenvalue weighted by atomic mass is 19.4. The van der Waals surface area contributed by atoms with Crippen molar-refractivity contribution in [1.29, 1.82) is 0 Å². The Morgan fingerprint density at radius 1 is 0.800 bits per heavy atom. The van der Waals surface area contributed by atoms with E-state index >= 15 is 0 Å². The van der Waals surface area contributed by atoms with Crippen molar-refractivity contribution in [2.75, 3.05) is 0 Å². The molecule has 0 rings (SSSR count). The molecule has 0 unspecified atom stereocenters. The zero-order valence-corrected chi connectivity index (χ0v) is 4.22. The third kappa shape index (κ3) is 2.24. The molecule has 1 nitrogen and oxygen atoms in total. The van der Waals surface area contributed by atoms with Crippen molar-refractivity contribution in [3.63, 3.8) is 0 Å². The molecule has 59 valence electrons. The van der Waals surface area contributed by atoms with Crippen LogP contribution in [0.2, 0.25) is 0 Å². The lowest BCUT2D eigenvalue weighted by molar-refractivity contribution is -0.117. The standard InChI is InChI=1S/C3F6N/c4-2(5,6)1(10)3(7,8)9. The first-order chi connectivity index (χ1) is 4.15. The second-order valence-corrected chi connectivity index (χ2v) is 1.34. The lowest BCUT2D eigenvalue weighted by Crippen LogP contribution is -2.37. The van der Waals surface area contributed by atoms with Gasteiger partial charge in [0.25, 0.3) is 0 Å². The number of hydrogen-bond acceptors (Lipinski definition) is 0. The molecule has 7 heteroatoms. The fourth-order valence-electron chi connectivity index (χ4n) is 0.161. The maximum Gasteiger partial charge on any atom is 0.440 e. The van der Waals surface area contributed by atoms with Gasteiger partial charge in [-0.3, -0.25) is 0 Å². The summed E-state index contributed by atoms with van der Waals surface area (Å²) >= 11 is 0. The average molecular weight is 164 g/mol. The summed E-state index contributed by atoms with van der Waals surface area (Å²) in [6.45, 7) is 0. The molecule has 0 spiro atoms. The number of hydrogen-bond donors (Lipinski definition) is 0. The predicted molar refractivity (Wildman–Crippen MR) is 19.3 cm³/mol. The van der Waals surface area contributed by atoms with Crippen molar-refractivity contribution < 1.29 is 26.3 Å². The molecule has 0 aliphatic carbocycles. The normalized spacial score (nSPS) is 13.4. The molecule has 0 bridgehead atoms. The SMILES string of the molecule is [N]=C(C(F)(F)F)C(F)(F)F. The summed E-state index contributed by atoms with van der Waals surface area (Å²) in [5.74, 6) is 0. The van der Waals surface area contributed by atoms with Gasteiger partial charge in [0.2, 0.25) is 5.71 Å². The minimum Gasteiger partial charge on any atom is -0.164 e. The Morgan fingerprint density at radius 2 is 1.00 bits per heavy atom. The second-order valence-electron chi connectivity index (χ2n) is 1.34. The van der Waals surface area contributed by atoms with Gasteiger partial charge in [0.05, 0.1) is 0 Å². The Labute approximate surface area is 51.1 Å². The van der Waals surface area contributed by atoms with Crippen LogP contribution in [-0.4, -0.2) is 18.1 Å². The zero-order valence-electron chi connectivity index (χ0n) is 4.22. The highest BCUT2D eigenvalue weighted by Gasteiger charge is 2.52. The van der Waals surface area contributed by atoms with Crippen LogP contribution < -0.4 is 5.41 Å². The minimum atomic E-state index is -5.71. The predicted octanol–water partition coefficient (Wildman–Crippen LogP) is 1.35. The maximum atomic E-state index is 10.9. The molecule has 0 amide bonds. The van der Waals surface area contributed by atoms with Crippen molar-refractivity contribution in [2.24, 2.45) is 0 Å². The van der Waals surface area contributed by atoms with Crippen LogP contribution in [0.4, 0.5) is 26.3 Å². The van der Waals surface area contributed by atoms with E-state index in [0.717, 1.165) is 0 Å². The smallest absolute Gasteiger partial charge is 0.164 e. The largest absolute Gasteiger partial charge is 0.440 e. The molecule has 10 heavy (non-hydrogen) atoms. The van der Waals surface area contributed by atoms with Gasteiger partial charge in [-0.15, -0.1) is 5.41 Å². The quantitative estimate of drug-likeness (QED) is 0.381. The number of rotatable bonds is 0. The molecule has 0 fully saturated rings. The topological polar surface area (TPSA) is 22.3 Å². The van der Waals surface area contributed by atoms with Gasteiger partial charge < -0.3 is 0 Å². The van der Waals surface area contributed by atoms with Crippen molar-refractivity contribution in [1.82, 2.24) is 5.41 Å². The van der Waals surface area contributed by atoms with Gasteiger partial charge in [0.15, 0.2) is 0 Å². The molecule has 0 aliphatic heterocycles. The molecular formula is C3F6N. The number of alkyl halides is 6. The fraction of sp³-hybridized carbons (Fsp3) is 0.667. The summed E-state index contributed by atoms with van der Waals surface area (Å²) in [5, 5.41) is 7.39. The van der Waals surface area contributed by atoms with Crippen molar-refractivity contribution in [3.05, 3.63) is 0 Å². The van der Waals surface area contributed by atoms with E-state index in [9.17, 15) is 26.3 Å². The van der Waals surface area contributed by atoms with E-state index in [4.69, 9.17) is 5.41 Å². The van der Waals surface area contributed by atoms with Gasteiger partial charge in [-0.25, -0.2) is 0 Å². The van der Waals surface area contributed by atoms with E-state index in [0.29, 0.717) is 0 Å². The van der Waals surface area contributed by atoms with E-state index in [2.05, 4.69) is 0 Å². The molecular weight excluding hydrogens is 164 g/mol. The Morgan fingerprint density at radius 3 is 1.00 bits per heavy atom. The molecule has 0 aromatic carbocycles. The summed E-state index contributed by atoms with van der Waals surface area (Å²) in [4.78, 5) is 0. The first kappa shape index (κ1) is 9.25. The summed E-state index contributed by atoms with van der Waals surface area (Å²) < 4.78 is 65.6. The van der Waals surface area contributed by atoms with Crippen LogP contribution in [0.3, 0.4) is 0 Å². The summed E-state index contributed by atoms with van der Waals surface area (Å²) in [5.41, 5.74) is -3.43. The number of nitrogens with zero attached hydrogens (tertiary/aromatic N) is 1. The van der Waals surface area contributed by atoms with E-state index in [1.54, 1.807) is 0 Å². The van der Waals surface area contributed by atoms with Crippen molar-refractivity contribution in [2.45, 2.75) is 12.4 Å². The van der Waals surface area contributed by atoms with Crippen LogP contribution >= 0.6 is 0 Å². The van der Waals surface area contributed by atoms with E-state index in [-0.39, 0.29) is 0 Å². The van der Waals surface area contributed by atoms with Gasteiger partial charge in [0.1, 0.15) is 0 Å². The molecule has 0 saturated carbocycles. The van der Waals surface area contributed by atoms with Gasteiger partial charge >= 0.3 is 12.4 Å². The lowest BCUT2D eigenvalue weighted by atomic mass is 10.4. The maximum absolute atomic E-state index is 10.9. The molecule has 0 saturated heterocycles. The highest BCUT2D eigenvalue weighted by molar-refractivity contribution is 5.92. The van der Waals surface area contributed by atoms with Crippen molar-refractivity contribution in [3.8, 4) is 0 Å². The van der Waals surface area contributed by atoms with Gasteiger partial charge in [-0.1, -0.05) is 0 Å². The van der Waals surface area contributed by atoms with Crippen LogP contribution in [0, 0.1) is 0 Å². The van der Waals surface area contributed by atoms with E-state index in [1.807, 2.05) is 0 Å². The average Bonchev–Trinajstić information content (AvgIpc) is 1.59. The summed E-state index contributed by atoms with van der Waals surface area (Å²) in [6, 6.07) is 0. The zero-order chi connectivity index (χ0) is 8.58. The Balaban J connectivity index is 4.40. The first-order valence-corrected chi connectivity index (χ1v) is 1.86. The molecule has 1 radical (unpaired) electrons. The van der Waals surface area contributed by atoms with Crippen LogP contribution in [-0.2, 0) is 0 Å². The Hall–Kier alpha value is -0.750. The molecule has 0 atom stereocenters. The van der Waals surface area contributed by atoms with Crippen LogP contribution in [0.25, 0.3) is 0 Å². The molecule has 0 aromatic heterocycles. The highest BCUT2D eigenvalue weighted by Crippen LogP contribution is 2.27. The number of halogens is 6. The van der Waals surface area contributed by atoms with Crippen LogP contribution in [0.15, 0.2) is 0 Å². The molecule has 0 aromatic rings. The fourth-order valence-corrected chi connectivity index (χ4v) is 0.161. The second kappa shape index (κ2) is 2.14. The van der Waals surface area contributed by atoms with E-state index < -0.39 is 18.1 Å². The molecule has 0 N–H and O–H groups in total. The molecule has 0 heterocycles. The Bertz CT molecular complexity index is 124. The van der Waals surface area contributed by atoms with Crippen LogP contribution in [0.1, 0.15) is 0 Å². The van der Waals surface area contributed by atoms with E-state index in [1.165, 1.54) is 0 Å². The van der Waals surface area contributed by atoms with Crippen LogP contribution in [0.5, 0.6) is 0 Å². The third-order valence-corrected chi connectivity index (χ3v) is 0.537. The lowest BCUT2D eigenvalue weighted by Gasteiger charge is -2.08. The van der Waals surface area contributed by atoms with Crippen molar-refractivity contribution >= 4 is 5.71 Å². The van der Waals surface area contributed by atoms with Gasteiger partial charge in [-0.2, -0.15) is 26.3 Å². The third-order valence-electron chi connectivity index (χ3n) is 0.537. The minimum absolute atomic E-state index is 3.43. The first-order valence-electron chi connectivity index (χ1n) is 1.86. The molecule has 0 aliphatic rings. The monoisotopic (exact) mass is 164 g/mol.